The highest BCUT2D eigenvalue weighted by atomic mass is 16.5. The van der Waals surface area contributed by atoms with E-state index in [9.17, 15) is 5.11 Å². The van der Waals surface area contributed by atoms with Gasteiger partial charge in [0.25, 0.3) is 0 Å². The molecule has 5 heteroatoms. The van der Waals surface area contributed by atoms with E-state index in [0.717, 1.165) is 44.5 Å². The van der Waals surface area contributed by atoms with Crippen molar-refractivity contribution in [3.05, 3.63) is 11.7 Å². The summed E-state index contributed by atoms with van der Waals surface area (Å²) in [7, 11) is 0. The minimum absolute atomic E-state index is 0.219. The zero-order valence-electron chi connectivity index (χ0n) is 10.4. The molecule has 1 aliphatic heterocycles. The van der Waals surface area contributed by atoms with Crippen molar-refractivity contribution in [3.8, 4) is 0 Å². The molecule has 1 N–H and O–H groups in total. The minimum Gasteiger partial charge on any atom is -0.395 e. The van der Waals surface area contributed by atoms with Gasteiger partial charge in [-0.2, -0.15) is 4.98 Å². The van der Waals surface area contributed by atoms with Gasteiger partial charge in [0.15, 0.2) is 5.82 Å². The van der Waals surface area contributed by atoms with E-state index in [4.69, 9.17) is 4.52 Å². The molecule has 1 fully saturated rings. The Bertz CT molecular complexity index is 340. The van der Waals surface area contributed by atoms with Gasteiger partial charge in [-0.05, 0) is 25.8 Å². The topological polar surface area (TPSA) is 62.4 Å². The van der Waals surface area contributed by atoms with Crippen LogP contribution in [-0.4, -0.2) is 39.3 Å². The molecule has 0 aromatic carbocycles. The van der Waals surface area contributed by atoms with Gasteiger partial charge in [0.05, 0.1) is 13.2 Å². The van der Waals surface area contributed by atoms with Crippen LogP contribution in [0.2, 0.25) is 0 Å². The molecule has 2 heterocycles. The Morgan fingerprint density at radius 2 is 2.41 bits per heavy atom. The third kappa shape index (κ3) is 3.26. The van der Waals surface area contributed by atoms with Crippen LogP contribution in [0, 0.1) is 0 Å². The molecule has 2 rings (SSSR count). The summed E-state index contributed by atoms with van der Waals surface area (Å²) in [5, 5.41) is 13.2. The molecule has 1 aromatic heterocycles. The predicted octanol–water partition coefficient (Wildman–Crippen LogP) is 1.37. The Labute approximate surface area is 102 Å². The Morgan fingerprint density at radius 3 is 3.18 bits per heavy atom. The number of aliphatic hydroxyl groups excluding tert-OH is 1. The lowest BCUT2D eigenvalue weighted by atomic mass is 10.2. The number of likely N-dealkylation sites (tertiary alicyclic amines) is 1. The van der Waals surface area contributed by atoms with E-state index in [-0.39, 0.29) is 12.6 Å². The summed E-state index contributed by atoms with van der Waals surface area (Å²) in [6.07, 6.45) is 5.34. The predicted molar refractivity (Wildman–Crippen MR) is 63.4 cm³/mol. The summed E-state index contributed by atoms with van der Waals surface area (Å²) < 4.78 is 5.23. The van der Waals surface area contributed by atoms with Gasteiger partial charge in [0.2, 0.25) is 5.89 Å². The van der Waals surface area contributed by atoms with Crippen LogP contribution >= 0.6 is 0 Å². The molecule has 0 radical (unpaired) electrons. The molecular weight excluding hydrogens is 218 g/mol. The molecule has 17 heavy (non-hydrogen) atoms. The molecule has 1 saturated heterocycles. The average Bonchev–Trinajstić information content (AvgIpc) is 2.96. The molecule has 0 aliphatic carbocycles. The van der Waals surface area contributed by atoms with Gasteiger partial charge in [-0.1, -0.05) is 18.5 Å². The SMILES string of the molecule is CCCCc1noc(CN2CCC[C@@H]2CO)n1. The largest absolute Gasteiger partial charge is 0.395 e. The molecule has 0 amide bonds. The molecular formula is C12H21N3O2. The number of nitrogens with zero attached hydrogens (tertiary/aromatic N) is 3. The number of aliphatic hydroxyl groups is 1. The Kier molecular flexibility index (Phi) is 4.50. The van der Waals surface area contributed by atoms with Crippen LogP contribution in [0.3, 0.4) is 0 Å². The van der Waals surface area contributed by atoms with Crippen molar-refractivity contribution in [3.63, 3.8) is 0 Å². The summed E-state index contributed by atoms with van der Waals surface area (Å²) >= 11 is 0. The third-order valence-electron chi connectivity index (χ3n) is 3.31. The quantitative estimate of drug-likeness (QED) is 0.812. The maximum Gasteiger partial charge on any atom is 0.240 e. The summed E-state index contributed by atoms with van der Waals surface area (Å²) in [6.45, 7) is 4.05. The fourth-order valence-electron chi connectivity index (χ4n) is 2.27. The second kappa shape index (κ2) is 6.12. The standard InChI is InChI=1S/C12H21N3O2/c1-2-3-6-11-13-12(17-14-11)8-15-7-4-5-10(15)9-16/h10,16H,2-9H2,1H3/t10-/m1/s1. The van der Waals surface area contributed by atoms with Gasteiger partial charge in [-0.3, -0.25) is 4.90 Å². The lowest BCUT2D eigenvalue weighted by molar-refractivity contribution is 0.141. The zero-order chi connectivity index (χ0) is 12.1. The van der Waals surface area contributed by atoms with Crippen molar-refractivity contribution in [2.24, 2.45) is 0 Å². The van der Waals surface area contributed by atoms with Crippen LogP contribution in [0.4, 0.5) is 0 Å². The molecule has 1 aliphatic rings. The van der Waals surface area contributed by atoms with Crippen LogP contribution in [0.5, 0.6) is 0 Å². The summed E-state index contributed by atoms with van der Waals surface area (Å²) in [5.74, 6) is 1.48. The molecule has 0 spiro atoms. The molecule has 5 nitrogen and oxygen atoms in total. The van der Waals surface area contributed by atoms with Gasteiger partial charge in [0.1, 0.15) is 0 Å². The summed E-state index contributed by atoms with van der Waals surface area (Å²) in [5.41, 5.74) is 0. The van der Waals surface area contributed by atoms with Crippen LogP contribution in [0.15, 0.2) is 4.52 Å². The second-order valence-electron chi connectivity index (χ2n) is 4.66. The maximum atomic E-state index is 9.23. The monoisotopic (exact) mass is 239 g/mol. The zero-order valence-corrected chi connectivity index (χ0v) is 10.4. The van der Waals surface area contributed by atoms with E-state index >= 15 is 0 Å². The molecule has 96 valence electrons. The van der Waals surface area contributed by atoms with E-state index < -0.39 is 0 Å². The number of hydrogen-bond donors (Lipinski definition) is 1. The van der Waals surface area contributed by atoms with Gasteiger partial charge in [0, 0.05) is 12.5 Å². The number of rotatable bonds is 6. The average molecular weight is 239 g/mol. The van der Waals surface area contributed by atoms with Gasteiger partial charge in [-0.15, -0.1) is 0 Å². The van der Waals surface area contributed by atoms with Gasteiger partial charge < -0.3 is 9.63 Å². The van der Waals surface area contributed by atoms with Crippen molar-refractivity contribution < 1.29 is 9.63 Å². The second-order valence-corrected chi connectivity index (χ2v) is 4.66. The highest BCUT2D eigenvalue weighted by Crippen LogP contribution is 2.19. The Morgan fingerprint density at radius 1 is 1.53 bits per heavy atom. The van der Waals surface area contributed by atoms with Crippen molar-refractivity contribution in [2.75, 3.05) is 13.2 Å². The number of unbranched alkanes of at least 4 members (excludes halogenated alkanes) is 1. The minimum atomic E-state index is 0.219. The third-order valence-corrected chi connectivity index (χ3v) is 3.31. The Balaban J connectivity index is 1.87. The van der Waals surface area contributed by atoms with E-state index in [0.29, 0.717) is 12.4 Å². The van der Waals surface area contributed by atoms with E-state index in [2.05, 4.69) is 22.0 Å². The first-order chi connectivity index (χ1) is 8.33. The molecule has 0 unspecified atom stereocenters. The summed E-state index contributed by atoms with van der Waals surface area (Å²) in [6, 6.07) is 0.265. The van der Waals surface area contributed by atoms with E-state index in [1.165, 1.54) is 0 Å². The van der Waals surface area contributed by atoms with E-state index in [1.54, 1.807) is 0 Å². The van der Waals surface area contributed by atoms with Crippen molar-refractivity contribution in [1.29, 1.82) is 0 Å². The maximum absolute atomic E-state index is 9.23. The first-order valence-corrected chi connectivity index (χ1v) is 6.50. The summed E-state index contributed by atoms with van der Waals surface area (Å²) in [4.78, 5) is 6.60. The van der Waals surface area contributed by atoms with Crippen LogP contribution in [0.1, 0.15) is 44.3 Å². The van der Waals surface area contributed by atoms with Crippen LogP contribution in [0.25, 0.3) is 0 Å². The van der Waals surface area contributed by atoms with E-state index in [1.807, 2.05) is 0 Å². The first kappa shape index (κ1) is 12.5. The smallest absolute Gasteiger partial charge is 0.240 e. The number of aryl methyl sites for hydroxylation is 1. The van der Waals surface area contributed by atoms with Crippen molar-refractivity contribution in [2.45, 2.75) is 51.6 Å². The molecule has 1 atom stereocenters. The van der Waals surface area contributed by atoms with Crippen LogP contribution in [-0.2, 0) is 13.0 Å². The fourth-order valence-corrected chi connectivity index (χ4v) is 2.27. The highest BCUT2D eigenvalue weighted by molar-refractivity contribution is 4.89. The van der Waals surface area contributed by atoms with Crippen molar-refractivity contribution in [1.82, 2.24) is 15.0 Å². The van der Waals surface area contributed by atoms with Crippen LogP contribution < -0.4 is 0 Å². The Hall–Kier alpha value is -0.940. The lowest BCUT2D eigenvalue weighted by Gasteiger charge is -2.20. The van der Waals surface area contributed by atoms with Gasteiger partial charge >= 0.3 is 0 Å². The molecule has 0 bridgehead atoms. The normalized spacial score (nSPS) is 21.2. The van der Waals surface area contributed by atoms with Crippen molar-refractivity contribution >= 4 is 0 Å². The molecule has 1 aromatic rings. The highest BCUT2D eigenvalue weighted by Gasteiger charge is 2.25. The fraction of sp³-hybridized carbons (Fsp3) is 0.833. The lowest BCUT2D eigenvalue weighted by Crippen LogP contribution is -2.31. The molecule has 0 saturated carbocycles. The van der Waals surface area contributed by atoms with Gasteiger partial charge in [-0.25, -0.2) is 0 Å². The number of aromatic nitrogens is 2. The first-order valence-electron chi connectivity index (χ1n) is 6.50. The number of hydrogen-bond acceptors (Lipinski definition) is 5.